The van der Waals surface area contributed by atoms with E-state index in [0.29, 0.717) is 0 Å². The summed E-state index contributed by atoms with van der Waals surface area (Å²) in [5, 5.41) is 0. The van der Waals surface area contributed by atoms with Crippen molar-refractivity contribution in [3.63, 3.8) is 0 Å². The first-order chi connectivity index (χ1) is 14.2. The van der Waals surface area contributed by atoms with Crippen LogP contribution in [-0.4, -0.2) is 79.1 Å². The number of carbonyl (C=O) groups is 1. The lowest BCUT2D eigenvalue weighted by Gasteiger charge is -2.41. The molecule has 0 aromatic heterocycles. The average molecular weight is 400 g/mol. The van der Waals surface area contributed by atoms with E-state index in [2.05, 4.69) is 16.8 Å². The van der Waals surface area contributed by atoms with Crippen molar-refractivity contribution < 1.29 is 9.53 Å². The number of rotatable bonds is 4. The summed E-state index contributed by atoms with van der Waals surface area (Å²) in [6, 6.07) is 8.61. The van der Waals surface area contributed by atoms with E-state index >= 15 is 0 Å². The number of carbonyl (C=O) groups excluding carboxylic acids is 1. The first kappa shape index (κ1) is 20.7. The standard InChI is InChI=1S/C24H37N3O2/c1-25-15-9-21(10-16-25)26-17-11-22(12-18-26)29-23-8-6-7-20(19-23)24(28)27-13-4-2-3-5-14-27/h6-8,19,21-22H,2-5,9-18H2,1H3. The number of piperidine rings is 2. The van der Waals surface area contributed by atoms with Gasteiger partial charge in [-0.2, -0.15) is 0 Å². The third-order valence-corrected chi connectivity index (χ3v) is 6.96. The maximum absolute atomic E-state index is 12.9. The quantitative estimate of drug-likeness (QED) is 0.774. The fourth-order valence-corrected chi connectivity index (χ4v) is 5.07. The Kier molecular flexibility index (Phi) is 7.09. The van der Waals surface area contributed by atoms with E-state index in [1.165, 1.54) is 38.8 Å². The molecule has 0 unspecified atom stereocenters. The fraction of sp³-hybridized carbons (Fsp3) is 0.708. The van der Waals surface area contributed by atoms with Crippen LogP contribution in [0.4, 0.5) is 0 Å². The molecule has 5 nitrogen and oxygen atoms in total. The Balaban J connectivity index is 1.29. The Hall–Kier alpha value is -1.59. The molecule has 0 bridgehead atoms. The third kappa shape index (κ3) is 5.52. The molecule has 5 heteroatoms. The van der Waals surface area contributed by atoms with Gasteiger partial charge in [-0.05, 0) is 76.9 Å². The summed E-state index contributed by atoms with van der Waals surface area (Å²) < 4.78 is 6.31. The van der Waals surface area contributed by atoms with Gasteiger partial charge in [-0.15, -0.1) is 0 Å². The van der Waals surface area contributed by atoms with Gasteiger partial charge in [-0.1, -0.05) is 18.9 Å². The number of nitrogens with zero attached hydrogens (tertiary/aromatic N) is 3. The highest BCUT2D eigenvalue weighted by Crippen LogP contribution is 2.25. The number of ether oxygens (including phenoxy) is 1. The second-order valence-electron chi connectivity index (χ2n) is 9.12. The molecule has 3 aliphatic heterocycles. The second kappa shape index (κ2) is 9.94. The molecular weight excluding hydrogens is 362 g/mol. The summed E-state index contributed by atoms with van der Waals surface area (Å²) in [6.07, 6.45) is 9.74. The molecule has 3 fully saturated rings. The molecular formula is C24H37N3O2. The SMILES string of the molecule is CN1CCC(N2CCC(Oc3cccc(C(=O)N4CCCCCC4)c3)CC2)CC1. The molecule has 0 atom stereocenters. The van der Waals surface area contributed by atoms with Gasteiger partial charge < -0.3 is 19.4 Å². The van der Waals surface area contributed by atoms with Gasteiger partial charge in [0.05, 0.1) is 0 Å². The van der Waals surface area contributed by atoms with E-state index in [4.69, 9.17) is 4.74 Å². The molecule has 0 radical (unpaired) electrons. The van der Waals surface area contributed by atoms with Gasteiger partial charge >= 0.3 is 0 Å². The van der Waals surface area contributed by atoms with Crippen LogP contribution in [0.15, 0.2) is 24.3 Å². The zero-order valence-corrected chi connectivity index (χ0v) is 18.0. The maximum atomic E-state index is 12.9. The number of hydrogen-bond donors (Lipinski definition) is 0. The van der Waals surface area contributed by atoms with Crippen molar-refractivity contribution in [1.29, 1.82) is 0 Å². The molecule has 4 rings (SSSR count). The summed E-state index contributed by atoms with van der Waals surface area (Å²) in [7, 11) is 2.22. The minimum Gasteiger partial charge on any atom is -0.490 e. The van der Waals surface area contributed by atoms with Gasteiger partial charge in [0.15, 0.2) is 0 Å². The van der Waals surface area contributed by atoms with Crippen LogP contribution in [0.1, 0.15) is 61.7 Å². The molecule has 1 aromatic rings. The molecule has 1 aromatic carbocycles. The first-order valence-corrected chi connectivity index (χ1v) is 11.7. The van der Waals surface area contributed by atoms with Gasteiger partial charge in [0, 0.05) is 37.8 Å². The molecule has 0 spiro atoms. The lowest BCUT2D eigenvalue weighted by molar-refractivity contribution is 0.0524. The van der Waals surface area contributed by atoms with E-state index in [0.717, 1.165) is 69.2 Å². The molecule has 1 amide bonds. The predicted octanol–water partition coefficient (Wildman–Crippen LogP) is 3.64. The molecule has 160 valence electrons. The van der Waals surface area contributed by atoms with Crippen LogP contribution in [0.3, 0.4) is 0 Å². The molecule has 3 saturated heterocycles. The van der Waals surface area contributed by atoms with Crippen LogP contribution in [-0.2, 0) is 0 Å². The normalized spacial score (nSPS) is 23.7. The van der Waals surface area contributed by atoms with Crippen LogP contribution in [0.25, 0.3) is 0 Å². The van der Waals surface area contributed by atoms with Crippen LogP contribution < -0.4 is 4.74 Å². The van der Waals surface area contributed by atoms with E-state index in [1.807, 2.05) is 29.2 Å². The molecule has 3 heterocycles. The van der Waals surface area contributed by atoms with E-state index in [-0.39, 0.29) is 12.0 Å². The average Bonchev–Trinajstić information content (AvgIpc) is 3.04. The smallest absolute Gasteiger partial charge is 0.253 e. The Morgan fingerprint density at radius 1 is 0.897 bits per heavy atom. The monoisotopic (exact) mass is 399 g/mol. The lowest BCUT2D eigenvalue weighted by Crippen LogP contribution is -2.48. The first-order valence-electron chi connectivity index (χ1n) is 11.7. The predicted molar refractivity (Wildman–Crippen MR) is 117 cm³/mol. The van der Waals surface area contributed by atoms with Crippen LogP contribution in [0.5, 0.6) is 5.75 Å². The van der Waals surface area contributed by atoms with Crippen molar-refractivity contribution in [3.05, 3.63) is 29.8 Å². The zero-order chi connectivity index (χ0) is 20.1. The Labute approximate surface area is 176 Å². The number of benzene rings is 1. The van der Waals surface area contributed by atoms with Crippen molar-refractivity contribution >= 4 is 5.91 Å². The van der Waals surface area contributed by atoms with Crippen molar-refractivity contribution in [2.75, 3.05) is 46.3 Å². The second-order valence-corrected chi connectivity index (χ2v) is 9.12. The molecule has 0 aliphatic carbocycles. The van der Waals surface area contributed by atoms with E-state index in [9.17, 15) is 4.79 Å². The zero-order valence-electron chi connectivity index (χ0n) is 18.0. The Morgan fingerprint density at radius 2 is 1.59 bits per heavy atom. The molecule has 0 saturated carbocycles. The number of hydrogen-bond acceptors (Lipinski definition) is 4. The van der Waals surface area contributed by atoms with E-state index < -0.39 is 0 Å². The van der Waals surface area contributed by atoms with Gasteiger partial charge in [0.25, 0.3) is 5.91 Å². The van der Waals surface area contributed by atoms with Crippen LogP contribution >= 0.6 is 0 Å². The fourth-order valence-electron chi connectivity index (χ4n) is 5.07. The molecule has 0 N–H and O–H groups in total. The van der Waals surface area contributed by atoms with Gasteiger partial charge in [0.1, 0.15) is 11.9 Å². The summed E-state index contributed by atoms with van der Waals surface area (Å²) >= 11 is 0. The molecule has 29 heavy (non-hydrogen) atoms. The van der Waals surface area contributed by atoms with Crippen molar-refractivity contribution in [2.45, 2.75) is 63.5 Å². The topological polar surface area (TPSA) is 36.0 Å². The number of likely N-dealkylation sites (tertiary alicyclic amines) is 3. The highest BCUT2D eigenvalue weighted by atomic mass is 16.5. The highest BCUT2D eigenvalue weighted by Gasteiger charge is 2.28. The van der Waals surface area contributed by atoms with Crippen molar-refractivity contribution in [1.82, 2.24) is 14.7 Å². The summed E-state index contributed by atoms with van der Waals surface area (Å²) in [6.45, 7) is 6.48. The largest absolute Gasteiger partial charge is 0.490 e. The van der Waals surface area contributed by atoms with Crippen molar-refractivity contribution in [2.24, 2.45) is 0 Å². The Bertz CT molecular complexity index is 656. The van der Waals surface area contributed by atoms with E-state index in [1.54, 1.807) is 0 Å². The maximum Gasteiger partial charge on any atom is 0.253 e. The summed E-state index contributed by atoms with van der Waals surface area (Å²) in [5.74, 6) is 1.01. The van der Waals surface area contributed by atoms with Gasteiger partial charge in [0.2, 0.25) is 0 Å². The highest BCUT2D eigenvalue weighted by molar-refractivity contribution is 5.94. The minimum atomic E-state index is 0.162. The summed E-state index contributed by atoms with van der Waals surface area (Å²) in [5.41, 5.74) is 0.771. The Morgan fingerprint density at radius 3 is 2.28 bits per heavy atom. The lowest BCUT2D eigenvalue weighted by atomic mass is 9.99. The third-order valence-electron chi connectivity index (χ3n) is 6.96. The van der Waals surface area contributed by atoms with Crippen LogP contribution in [0.2, 0.25) is 0 Å². The van der Waals surface area contributed by atoms with Gasteiger partial charge in [-0.25, -0.2) is 0 Å². The summed E-state index contributed by atoms with van der Waals surface area (Å²) in [4.78, 5) is 20.0. The van der Waals surface area contributed by atoms with Gasteiger partial charge in [-0.3, -0.25) is 4.79 Å². The molecule has 3 aliphatic rings. The van der Waals surface area contributed by atoms with Crippen molar-refractivity contribution in [3.8, 4) is 5.75 Å². The minimum absolute atomic E-state index is 0.162. The number of amides is 1. The van der Waals surface area contributed by atoms with Crippen LogP contribution in [0, 0.1) is 0 Å².